The van der Waals surface area contributed by atoms with E-state index in [0.717, 1.165) is 45.0 Å². The van der Waals surface area contributed by atoms with Gasteiger partial charge in [0, 0.05) is 52.5 Å². The van der Waals surface area contributed by atoms with Crippen LogP contribution in [-0.2, 0) is 0 Å². The Labute approximate surface area is 126 Å². The Hall–Kier alpha value is -1.97. The Kier molecular flexibility index (Phi) is 5.67. The van der Waals surface area contributed by atoms with Crippen molar-refractivity contribution in [1.29, 1.82) is 5.26 Å². The van der Waals surface area contributed by atoms with Gasteiger partial charge in [-0.2, -0.15) is 10.3 Å². The molecule has 0 unspecified atom stereocenters. The summed E-state index contributed by atoms with van der Waals surface area (Å²) in [6.07, 6.45) is 3.60. The smallest absolute Gasteiger partial charge is 0.207 e. The zero-order chi connectivity index (χ0) is 15.1. The molecule has 1 saturated heterocycles. The van der Waals surface area contributed by atoms with Crippen molar-refractivity contribution in [2.45, 2.75) is 0 Å². The minimum atomic E-state index is 0.632. The summed E-state index contributed by atoms with van der Waals surface area (Å²) in [5.74, 6) is 0.632. The number of piperazine rings is 1. The molecule has 0 N–H and O–H groups in total. The van der Waals surface area contributed by atoms with Crippen LogP contribution >= 0.6 is 0 Å². The summed E-state index contributed by atoms with van der Waals surface area (Å²) in [4.78, 5) is 15.0. The highest BCUT2D eigenvalue weighted by Gasteiger charge is 2.16. The normalized spacial score (nSPS) is 17.5. The molecule has 21 heavy (non-hydrogen) atoms. The van der Waals surface area contributed by atoms with Gasteiger partial charge in [0.25, 0.3) is 0 Å². The molecular formula is C15H22N6. The number of aliphatic imine (C=N–C) groups is 1. The third-order valence-electron chi connectivity index (χ3n) is 3.76. The van der Waals surface area contributed by atoms with Gasteiger partial charge in [-0.15, -0.1) is 0 Å². The highest BCUT2D eigenvalue weighted by molar-refractivity contribution is 5.97. The Morgan fingerprint density at radius 3 is 2.76 bits per heavy atom. The van der Waals surface area contributed by atoms with Crippen molar-refractivity contribution in [3.05, 3.63) is 30.1 Å². The summed E-state index contributed by atoms with van der Waals surface area (Å²) in [5, 5.41) is 8.89. The van der Waals surface area contributed by atoms with E-state index in [1.54, 1.807) is 6.20 Å². The van der Waals surface area contributed by atoms with Crippen molar-refractivity contribution >= 4 is 5.84 Å². The van der Waals surface area contributed by atoms with E-state index in [-0.39, 0.29) is 0 Å². The maximum atomic E-state index is 8.89. The Morgan fingerprint density at radius 2 is 2.14 bits per heavy atom. The third kappa shape index (κ3) is 4.52. The zero-order valence-electron chi connectivity index (χ0n) is 12.7. The molecule has 1 aromatic rings. The number of likely N-dealkylation sites (N-methyl/N-ethyl adjacent to an activating group) is 2. The van der Waals surface area contributed by atoms with Crippen LogP contribution in [0.25, 0.3) is 0 Å². The van der Waals surface area contributed by atoms with Crippen LogP contribution in [0.2, 0.25) is 0 Å². The molecule has 6 nitrogen and oxygen atoms in total. The molecule has 1 aliphatic heterocycles. The fraction of sp³-hybridized carbons (Fsp3) is 0.533. The highest BCUT2D eigenvalue weighted by Crippen LogP contribution is 2.03. The van der Waals surface area contributed by atoms with Crippen molar-refractivity contribution in [3.63, 3.8) is 0 Å². The second-order valence-corrected chi connectivity index (χ2v) is 5.32. The van der Waals surface area contributed by atoms with Gasteiger partial charge in [0.1, 0.15) is 5.69 Å². The summed E-state index contributed by atoms with van der Waals surface area (Å²) in [7, 11) is 4.11. The number of hydrogen-bond acceptors (Lipinski definition) is 5. The number of amidine groups is 1. The van der Waals surface area contributed by atoms with Gasteiger partial charge < -0.3 is 9.80 Å². The second kappa shape index (κ2) is 7.72. The third-order valence-corrected chi connectivity index (χ3v) is 3.76. The van der Waals surface area contributed by atoms with Crippen LogP contribution in [0, 0.1) is 11.5 Å². The lowest BCUT2D eigenvalue weighted by molar-refractivity contribution is 0.149. The summed E-state index contributed by atoms with van der Waals surface area (Å²) in [6, 6.07) is 5.64. The summed E-state index contributed by atoms with van der Waals surface area (Å²) in [5.41, 5.74) is 0.736. The molecule has 6 heteroatoms. The fourth-order valence-electron chi connectivity index (χ4n) is 2.35. The molecule has 0 radical (unpaired) electrons. The first kappa shape index (κ1) is 15.4. The van der Waals surface area contributed by atoms with E-state index in [4.69, 9.17) is 5.26 Å². The van der Waals surface area contributed by atoms with Gasteiger partial charge in [0.2, 0.25) is 6.19 Å². The maximum absolute atomic E-state index is 8.89. The Balaban J connectivity index is 1.93. The number of hydrogen-bond donors (Lipinski definition) is 0. The van der Waals surface area contributed by atoms with E-state index in [0.29, 0.717) is 5.84 Å². The quantitative estimate of drug-likeness (QED) is 0.458. The lowest BCUT2D eigenvalue weighted by Gasteiger charge is -2.33. The molecule has 1 aliphatic rings. The predicted octanol–water partition coefficient (Wildman–Crippen LogP) is 0.488. The topological polar surface area (TPSA) is 58.8 Å². The average molecular weight is 286 g/mol. The standard InChI is InChI=1S/C15H22N6/c1-19-7-10-21(11-8-19)12-9-20(2)15(18-13-16)14-5-3-4-6-17-14/h3-6H,7-12H2,1-2H3. The molecule has 0 bridgehead atoms. The van der Waals surface area contributed by atoms with Crippen LogP contribution in [0.15, 0.2) is 29.4 Å². The zero-order valence-corrected chi connectivity index (χ0v) is 12.7. The second-order valence-electron chi connectivity index (χ2n) is 5.32. The first-order valence-corrected chi connectivity index (χ1v) is 7.21. The van der Waals surface area contributed by atoms with Gasteiger partial charge in [-0.1, -0.05) is 6.07 Å². The Bertz CT molecular complexity index is 499. The van der Waals surface area contributed by atoms with Gasteiger partial charge in [0.15, 0.2) is 5.84 Å². The van der Waals surface area contributed by atoms with Crippen molar-refractivity contribution < 1.29 is 0 Å². The largest absolute Gasteiger partial charge is 0.356 e. The molecule has 2 heterocycles. The van der Waals surface area contributed by atoms with Crippen LogP contribution in [0.4, 0.5) is 0 Å². The van der Waals surface area contributed by atoms with Crippen molar-refractivity contribution in [2.75, 3.05) is 53.4 Å². The van der Waals surface area contributed by atoms with Gasteiger partial charge in [-0.3, -0.25) is 9.88 Å². The first-order valence-electron chi connectivity index (χ1n) is 7.21. The summed E-state index contributed by atoms with van der Waals surface area (Å²) in [6.45, 7) is 6.23. The highest BCUT2D eigenvalue weighted by atomic mass is 15.3. The maximum Gasteiger partial charge on any atom is 0.207 e. The van der Waals surface area contributed by atoms with Crippen molar-refractivity contribution in [3.8, 4) is 6.19 Å². The fourth-order valence-corrected chi connectivity index (χ4v) is 2.35. The molecule has 0 spiro atoms. The van der Waals surface area contributed by atoms with E-state index in [9.17, 15) is 0 Å². The summed E-state index contributed by atoms with van der Waals surface area (Å²) >= 11 is 0. The molecule has 0 atom stereocenters. The summed E-state index contributed by atoms with van der Waals surface area (Å²) < 4.78 is 0. The molecule has 2 rings (SSSR count). The Morgan fingerprint density at radius 1 is 1.38 bits per heavy atom. The minimum Gasteiger partial charge on any atom is -0.356 e. The van der Waals surface area contributed by atoms with E-state index < -0.39 is 0 Å². The van der Waals surface area contributed by atoms with E-state index in [2.05, 4.69) is 26.8 Å². The lowest BCUT2D eigenvalue weighted by atomic mass is 10.3. The van der Waals surface area contributed by atoms with Crippen LogP contribution in [-0.4, -0.2) is 78.9 Å². The lowest BCUT2D eigenvalue weighted by Crippen LogP contribution is -2.47. The van der Waals surface area contributed by atoms with Crippen LogP contribution < -0.4 is 0 Å². The molecule has 1 aromatic heterocycles. The van der Waals surface area contributed by atoms with E-state index in [1.807, 2.05) is 36.3 Å². The number of rotatable bonds is 4. The van der Waals surface area contributed by atoms with Crippen molar-refractivity contribution in [2.24, 2.45) is 4.99 Å². The number of nitriles is 1. The van der Waals surface area contributed by atoms with Gasteiger partial charge in [-0.25, -0.2) is 0 Å². The van der Waals surface area contributed by atoms with Gasteiger partial charge in [-0.05, 0) is 19.2 Å². The van der Waals surface area contributed by atoms with E-state index >= 15 is 0 Å². The first-order chi connectivity index (χ1) is 10.2. The number of aromatic nitrogens is 1. The van der Waals surface area contributed by atoms with Crippen LogP contribution in [0.1, 0.15) is 5.69 Å². The number of nitrogens with zero attached hydrogens (tertiary/aromatic N) is 6. The van der Waals surface area contributed by atoms with E-state index in [1.165, 1.54) is 0 Å². The van der Waals surface area contributed by atoms with Gasteiger partial charge >= 0.3 is 0 Å². The average Bonchev–Trinajstić information content (AvgIpc) is 2.52. The molecule has 112 valence electrons. The van der Waals surface area contributed by atoms with Gasteiger partial charge in [0.05, 0.1) is 0 Å². The van der Waals surface area contributed by atoms with Crippen LogP contribution in [0.5, 0.6) is 0 Å². The molecule has 0 saturated carbocycles. The molecular weight excluding hydrogens is 264 g/mol. The van der Waals surface area contributed by atoms with Crippen molar-refractivity contribution in [1.82, 2.24) is 19.7 Å². The monoisotopic (exact) mass is 286 g/mol. The predicted molar refractivity (Wildman–Crippen MR) is 83.0 cm³/mol. The molecule has 0 amide bonds. The number of pyridine rings is 1. The minimum absolute atomic E-state index is 0.632. The molecule has 1 fully saturated rings. The van der Waals surface area contributed by atoms with Crippen LogP contribution in [0.3, 0.4) is 0 Å². The SMILES string of the molecule is CN1CCN(CCN(C)C(=NC#N)c2ccccn2)CC1. The molecule has 0 aliphatic carbocycles. The molecule has 0 aromatic carbocycles.